The maximum Gasteiger partial charge on any atom is 0.345 e. The highest BCUT2D eigenvalue weighted by Gasteiger charge is 2.42. The zero-order valence-electron chi connectivity index (χ0n) is 16.0. The molecule has 0 spiro atoms. The summed E-state index contributed by atoms with van der Waals surface area (Å²) in [5.74, 6) is -1.70. The molecule has 1 aliphatic heterocycles. The van der Waals surface area contributed by atoms with Gasteiger partial charge in [-0.2, -0.15) is 0 Å². The Morgan fingerprint density at radius 1 is 1.33 bits per heavy atom. The lowest BCUT2D eigenvalue weighted by Crippen LogP contribution is -2.33. The maximum atomic E-state index is 12.4. The fraction of sp³-hybridized carbons (Fsp3) is 0.368. The van der Waals surface area contributed by atoms with E-state index in [1.54, 1.807) is 36.9 Å². The molecule has 1 heterocycles. The number of rotatable bonds is 6. The van der Waals surface area contributed by atoms with E-state index in [1.165, 1.54) is 6.20 Å². The molecular formula is C19H23N3O5. The number of carbonyl (C=O) groups excluding carboxylic acids is 4. The summed E-state index contributed by atoms with van der Waals surface area (Å²) in [4.78, 5) is 50.2. The number of nitrogens with zero attached hydrogens (tertiary/aromatic N) is 2. The molecule has 1 N–H and O–H groups in total. The van der Waals surface area contributed by atoms with E-state index in [9.17, 15) is 19.2 Å². The summed E-state index contributed by atoms with van der Waals surface area (Å²) in [6.45, 7) is 5.40. The first kappa shape index (κ1) is 20.2. The lowest BCUT2D eigenvalue weighted by molar-refractivity contribution is -0.140. The second kappa shape index (κ2) is 7.61. The second-order valence-corrected chi connectivity index (χ2v) is 6.66. The van der Waals surface area contributed by atoms with Crippen molar-refractivity contribution in [2.24, 2.45) is 0 Å². The zero-order valence-corrected chi connectivity index (χ0v) is 16.0. The fourth-order valence-corrected chi connectivity index (χ4v) is 2.99. The molecule has 1 aromatic rings. The summed E-state index contributed by atoms with van der Waals surface area (Å²) < 4.78 is 4.88. The number of ether oxygens (including phenoxy) is 1. The molecule has 8 heteroatoms. The summed E-state index contributed by atoms with van der Waals surface area (Å²) in [5, 5.41) is 1.94. The van der Waals surface area contributed by atoms with E-state index in [1.807, 2.05) is 31.3 Å². The number of hydrogen-bond acceptors (Lipinski definition) is 6. The van der Waals surface area contributed by atoms with Gasteiger partial charge in [-0.1, -0.05) is 0 Å². The Morgan fingerprint density at radius 2 is 2.00 bits per heavy atom. The monoisotopic (exact) mass is 373 g/mol. The maximum absolute atomic E-state index is 12.4. The minimum absolute atomic E-state index is 0.00887. The van der Waals surface area contributed by atoms with Gasteiger partial charge >= 0.3 is 5.97 Å². The summed E-state index contributed by atoms with van der Waals surface area (Å²) >= 11 is 0. The number of fused-ring (bicyclic) bond motifs is 1. The Bertz CT molecular complexity index is 829. The van der Waals surface area contributed by atoms with Crippen molar-refractivity contribution in [2.75, 3.05) is 30.5 Å². The Labute approximate surface area is 157 Å². The molecule has 27 heavy (non-hydrogen) atoms. The predicted octanol–water partition coefficient (Wildman–Crippen LogP) is 1.10. The van der Waals surface area contributed by atoms with Crippen LogP contribution in [0.3, 0.4) is 0 Å². The van der Waals surface area contributed by atoms with Gasteiger partial charge in [0, 0.05) is 31.7 Å². The number of amides is 3. The molecule has 144 valence electrons. The van der Waals surface area contributed by atoms with E-state index in [-0.39, 0.29) is 24.5 Å². The minimum Gasteiger partial charge on any atom is -0.462 e. The van der Waals surface area contributed by atoms with Crippen LogP contribution in [0.5, 0.6) is 0 Å². The van der Waals surface area contributed by atoms with Crippen molar-refractivity contribution in [2.45, 2.75) is 26.2 Å². The van der Waals surface area contributed by atoms with Crippen LogP contribution in [0, 0.1) is 0 Å². The number of esters is 1. The number of hydrogen-bond donors (Lipinski definition) is 1. The molecule has 0 fully saturated rings. The molecule has 0 saturated carbocycles. The van der Waals surface area contributed by atoms with E-state index in [0.717, 1.165) is 11.3 Å². The van der Waals surface area contributed by atoms with Crippen molar-refractivity contribution in [3.05, 3.63) is 35.5 Å². The minimum atomic E-state index is -0.855. The fourth-order valence-electron chi connectivity index (χ4n) is 2.99. The predicted molar refractivity (Wildman–Crippen MR) is 100 cm³/mol. The van der Waals surface area contributed by atoms with Crippen molar-refractivity contribution < 1.29 is 23.9 Å². The van der Waals surface area contributed by atoms with Crippen molar-refractivity contribution in [1.82, 2.24) is 5.32 Å². The van der Waals surface area contributed by atoms with Gasteiger partial charge in [0.25, 0.3) is 5.91 Å². The van der Waals surface area contributed by atoms with Crippen LogP contribution in [0.1, 0.15) is 26.3 Å². The van der Waals surface area contributed by atoms with Gasteiger partial charge in [-0.3, -0.25) is 19.7 Å². The van der Waals surface area contributed by atoms with Crippen LogP contribution < -0.4 is 15.1 Å². The normalized spacial score (nSPS) is 15.2. The smallest absolute Gasteiger partial charge is 0.345 e. The molecule has 0 aliphatic carbocycles. The van der Waals surface area contributed by atoms with Crippen LogP contribution in [-0.2, 0) is 29.3 Å². The standard InChI is InChI=1S/C19H23N3O5/c1-6-27-17(25)13(16(24)20-11-23)10-21(4)12-7-8-15-14(9-12)19(2,3)18(26)22(15)5/h7-11H,6H2,1-5H3,(H,20,23,24)/b13-10+. The van der Waals surface area contributed by atoms with Gasteiger partial charge in [-0.15, -0.1) is 0 Å². The zero-order chi connectivity index (χ0) is 20.4. The topological polar surface area (TPSA) is 96.0 Å². The average molecular weight is 373 g/mol. The van der Waals surface area contributed by atoms with Gasteiger partial charge in [0.05, 0.1) is 12.0 Å². The number of imide groups is 1. The Kier molecular flexibility index (Phi) is 5.68. The number of carbonyl (C=O) groups is 4. The first-order valence-electron chi connectivity index (χ1n) is 8.44. The lowest BCUT2D eigenvalue weighted by Gasteiger charge is -2.20. The first-order chi connectivity index (χ1) is 12.6. The molecule has 1 aliphatic rings. The van der Waals surface area contributed by atoms with Gasteiger partial charge < -0.3 is 14.5 Å². The molecule has 0 unspecified atom stereocenters. The molecule has 0 bridgehead atoms. The SMILES string of the molecule is CCOC(=O)/C(=C/N(C)c1ccc2c(c1)C(C)(C)C(=O)N2C)C(=O)NC=O. The Morgan fingerprint density at radius 3 is 2.59 bits per heavy atom. The Hall–Kier alpha value is -3.16. The molecule has 0 aromatic heterocycles. The number of likely N-dealkylation sites (N-methyl/N-ethyl adjacent to an activating group) is 1. The molecule has 3 amide bonds. The van der Waals surface area contributed by atoms with Crippen LogP contribution in [0.15, 0.2) is 30.0 Å². The van der Waals surface area contributed by atoms with Gasteiger partial charge in [-0.25, -0.2) is 4.79 Å². The highest BCUT2D eigenvalue weighted by molar-refractivity contribution is 6.18. The quantitative estimate of drug-likeness (QED) is 0.264. The van der Waals surface area contributed by atoms with E-state index >= 15 is 0 Å². The second-order valence-electron chi connectivity index (χ2n) is 6.66. The van der Waals surface area contributed by atoms with Crippen molar-refractivity contribution >= 4 is 35.6 Å². The summed E-state index contributed by atoms with van der Waals surface area (Å²) in [6, 6.07) is 5.44. The van der Waals surface area contributed by atoms with E-state index in [0.29, 0.717) is 5.69 Å². The molecule has 0 atom stereocenters. The van der Waals surface area contributed by atoms with Crippen molar-refractivity contribution in [1.29, 1.82) is 0 Å². The molecule has 8 nitrogen and oxygen atoms in total. The molecule has 1 aromatic carbocycles. The third-order valence-electron chi connectivity index (χ3n) is 4.51. The largest absolute Gasteiger partial charge is 0.462 e. The highest BCUT2D eigenvalue weighted by atomic mass is 16.5. The van der Waals surface area contributed by atoms with E-state index in [2.05, 4.69) is 0 Å². The van der Waals surface area contributed by atoms with Crippen LogP contribution in [-0.4, -0.2) is 44.9 Å². The molecule has 2 rings (SSSR count). The number of anilines is 2. The summed E-state index contributed by atoms with van der Waals surface area (Å²) in [5.41, 5.74) is 1.35. The van der Waals surface area contributed by atoms with Gasteiger partial charge in [-0.05, 0) is 44.5 Å². The van der Waals surface area contributed by atoms with Gasteiger partial charge in [0.15, 0.2) is 0 Å². The number of nitrogens with one attached hydrogen (secondary N) is 1. The van der Waals surface area contributed by atoms with Gasteiger partial charge in [0.1, 0.15) is 5.57 Å². The highest BCUT2D eigenvalue weighted by Crippen LogP contribution is 2.42. The Balaban J connectivity index is 2.43. The molecular weight excluding hydrogens is 350 g/mol. The number of benzene rings is 1. The molecule has 0 saturated heterocycles. The van der Waals surface area contributed by atoms with E-state index < -0.39 is 17.3 Å². The third-order valence-corrected chi connectivity index (χ3v) is 4.51. The van der Waals surface area contributed by atoms with Crippen LogP contribution in [0.2, 0.25) is 0 Å². The van der Waals surface area contributed by atoms with Crippen LogP contribution in [0.25, 0.3) is 0 Å². The molecule has 0 radical (unpaired) electrons. The average Bonchev–Trinajstić information content (AvgIpc) is 2.80. The van der Waals surface area contributed by atoms with Crippen molar-refractivity contribution in [3.63, 3.8) is 0 Å². The summed E-state index contributed by atoms with van der Waals surface area (Å²) in [6.07, 6.45) is 1.50. The van der Waals surface area contributed by atoms with Crippen molar-refractivity contribution in [3.8, 4) is 0 Å². The third kappa shape index (κ3) is 3.69. The van der Waals surface area contributed by atoms with Crippen LogP contribution in [0.4, 0.5) is 11.4 Å². The van der Waals surface area contributed by atoms with Gasteiger partial charge in [0.2, 0.25) is 12.3 Å². The van der Waals surface area contributed by atoms with Crippen LogP contribution >= 0.6 is 0 Å². The lowest BCUT2D eigenvalue weighted by atomic mass is 9.86. The van der Waals surface area contributed by atoms with E-state index in [4.69, 9.17) is 4.74 Å². The summed E-state index contributed by atoms with van der Waals surface area (Å²) in [7, 11) is 3.38. The first-order valence-corrected chi connectivity index (χ1v) is 8.44.